The lowest BCUT2D eigenvalue weighted by atomic mass is 10.1. The summed E-state index contributed by atoms with van der Waals surface area (Å²) >= 11 is 0. The highest BCUT2D eigenvalue weighted by Crippen LogP contribution is 2.18. The standard InChI is InChI=1S/C7H8F3NO3/c8-7(9,10)6(13)14-5(12)4-1-2-11-3-4/h4,11H,1-3H2. The summed E-state index contributed by atoms with van der Waals surface area (Å²) in [5, 5.41) is 2.77. The molecule has 1 heterocycles. The van der Waals surface area contributed by atoms with Crippen LogP contribution in [0.4, 0.5) is 13.2 Å². The number of esters is 2. The zero-order valence-electron chi connectivity index (χ0n) is 7.06. The molecule has 1 atom stereocenters. The van der Waals surface area contributed by atoms with E-state index in [2.05, 4.69) is 10.1 Å². The molecule has 0 aromatic rings. The number of ether oxygens (including phenoxy) is 1. The second kappa shape index (κ2) is 3.95. The van der Waals surface area contributed by atoms with Gasteiger partial charge in [-0.3, -0.25) is 4.79 Å². The number of carbonyl (C=O) groups is 2. The molecule has 1 N–H and O–H groups in total. The summed E-state index contributed by atoms with van der Waals surface area (Å²) in [4.78, 5) is 21.2. The summed E-state index contributed by atoms with van der Waals surface area (Å²) < 4.78 is 38.6. The predicted molar refractivity (Wildman–Crippen MR) is 38.1 cm³/mol. The number of alkyl halides is 3. The topological polar surface area (TPSA) is 55.4 Å². The second-order valence-electron chi connectivity index (χ2n) is 2.90. The third kappa shape index (κ3) is 2.69. The molecule has 1 saturated heterocycles. The van der Waals surface area contributed by atoms with E-state index in [9.17, 15) is 22.8 Å². The number of hydrogen-bond acceptors (Lipinski definition) is 4. The molecule has 7 heteroatoms. The van der Waals surface area contributed by atoms with Crippen LogP contribution in [0, 0.1) is 5.92 Å². The van der Waals surface area contributed by atoms with Gasteiger partial charge in [-0.1, -0.05) is 0 Å². The van der Waals surface area contributed by atoms with Crippen LogP contribution in [0.1, 0.15) is 6.42 Å². The van der Waals surface area contributed by atoms with Crippen molar-refractivity contribution >= 4 is 11.9 Å². The van der Waals surface area contributed by atoms with Crippen molar-refractivity contribution in [1.82, 2.24) is 5.32 Å². The van der Waals surface area contributed by atoms with Crippen LogP contribution in [0.2, 0.25) is 0 Å². The van der Waals surface area contributed by atoms with Crippen molar-refractivity contribution in [1.29, 1.82) is 0 Å². The summed E-state index contributed by atoms with van der Waals surface area (Å²) in [6.45, 7) is 0.796. The van der Waals surface area contributed by atoms with Crippen molar-refractivity contribution in [2.75, 3.05) is 13.1 Å². The van der Waals surface area contributed by atoms with Crippen molar-refractivity contribution < 1.29 is 27.5 Å². The SMILES string of the molecule is O=C(OC(=O)C(F)(F)F)C1CCNC1. The molecule has 1 aliphatic rings. The molecule has 0 aromatic heterocycles. The van der Waals surface area contributed by atoms with Crippen LogP contribution in [-0.4, -0.2) is 31.2 Å². The lowest BCUT2D eigenvalue weighted by Gasteiger charge is -2.08. The highest BCUT2D eigenvalue weighted by atomic mass is 19.4. The number of rotatable bonds is 1. The molecule has 80 valence electrons. The van der Waals surface area contributed by atoms with Crippen LogP contribution in [0.3, 0.4) is 0 Å². The number of hydrogen-bond donors (Lipinski definition) is 1. The van der Waals surface area contributed by atoms with E-state index < -0.39 is 24.0 Å². The van der Waals surface area contributed by atoms with Crippen molar-refractivity contribution in [3.63, 3.8) is 0 Å². The van der Waals surface area contributed by atoms with Crippen LogP contribution in [0.5, 0.6) is 0 Å². The van der Waals surface area contributed by atoms with Gasteiger partial charge in [-0.05, 0) is 13.0 Å². The van der Waals surface area contributed by atoms with Crippen molar-refractivity contribution in [3.8, 4) is 0 Å². The molecule has 0 saturated carbocycles. The van der Waals surface area contributed by atoms with Crippen molar-refractivity contribution in [2.24, 2.45) is 5.92 Å². The predicted octanol–water partition coefficient (Wildman–Crippen LogP) is 0.228. The quantitative estimate of drug-likeness (QED) is 0.498. The highest BCUT2D eigenvalue weighted by molar-refractivity contribution is 5.89. The third-order valence-electron chi connectivity index (χ3n) is 1.82. The summed E-state index contributed by atoms with van der Waals surface area (Å²) in [6.07, 6.45) is -4.72. The first-order valence-electron chi connectivity index (χ1n) is 3.95. The van der Waals surface area contributed by atoms with E-state index >= 15 is 0 Å². The van der Waals surface area contributed by atoms with Gasteiger partial charge in [0, 0.05) is 6.54 Å². The van der Waals surface area contributed by atoms with E-state index in [-0.39, 0.29) is 6.54 Å². The van der Waals surface area contributed by atoms with Gasteiger partial charge in [-0.15, -0.1) is 0 Å². The zero-order chi connectivity index (χ0) is 10.8. The van der Waals surface area contributed by atoms with Crippen LogP contribution in [0.15, 0.2) is 0 Å². The van der Waals surface area contributed by atoms with E-state index in [1.165, 1.54) is 0 Å². The monoisotopic (exact) mass is 211 g/mol. The van der Waals surface area contributed by atoms with Crippen molar-refractivity contribution in [2.45, 2.75) is 12.6 Å². The normalized spacial score (nSPS) is 22.1. The minimum atomic E-state index is -5.11. The van der Waals surface area contributed by atoms with E-state index in [1.54, 1.807) is 0 Å². The Morgan fingerprint density at radius 3 is 2.43 bits per heavy atom. The molecule has 1 fully saturated rings. The molecular weight excluding hydrogens is 203 g/mol. The lowest BCUT2D eigenvalue weighted by Crippen LogP contribution is -2.31. The van der Waals surface area contributed by atoms with Crippen LogP contribution < -0.4 is 5.32 Å². The molecule has 0 bridgehead atoms. The average Bonchev–Trinajstić information content (AvgIpc) is 2.53. The summed E-state index contributed by atoms with van der Waals surface area (Å²) in [6, 6.07) is 0. The number of halogens is 3. The maximum Gasteiger partial charge on any atom is 0.491 e. The second-order valence-corrected chi connectivity index (χ2v) is 2.90. The Morgan fingerprint density at radius 2 is 2.00 bits per heavy atom. The Bertz CT molecular complexity index is 245. The molecule has 0 aliphatic carbocycles. The van der Waals surface area contributed by atoms with E-state index in [4.69, 9.17) is 0 Å². The molecular formula is C7H8F3NO3. The summed E-state index contributed by atoms with van der Waals surface area (Å²) in [7, 11) is 0. The fourth-order valence-electron chi connectivity index (χ4n) is 1.09. The lowest BCUT2D eigenvalue weighted by molar-refractivity contribution is -0.203. The molecule has 0 spiro atoms. The molecule has 1 unspecified atom stereocenters. The summed E-state index contributed by atoms with van der Waals surface area (Å²) in [5.41, 5.74) is 0. The summed E-state index contributed by atoms with van der Waals surface area (Å²) in [5.74, 6) is -4.21. The molecule has 0 aromatic carbocycles. The minimum absolute atomic E-state index is 0.254. The maximum atomic E-state index is 11.7. The van der Waals surface area contributed by atoms with Gasteiger partial charge in [-0.2, -0.15) is 13.2 Å². The Hall–Kier alpha value is -1.11. The van der Waals surface area contributed by atoms with Crippen LogP contribution in [0.25, 0.3) is 0 Å². The first kappa shape index (κ1) is 11.0. The minimum Gasteiger partial charge on any atom is -0.386 e. The van der Waals surface area contributed by atoms with Gasteiger partial charge in [0.25, 0.3) is 0 Å². The van der Waals surface area contributed by atoms with Gasteiger partial charge >= 0.3 is 18.1 Å². The Morgan fingerprint density at radius 1 is 1.36 bits per heavy atom. The maximum absolute atomic E-state index is 11.7. The number of nitrogens with one attached hydrogen (secondary N) is 1. The Kier molecular flexibility index (Phi) is 3.10. The van der Waals surface area contributed by atoms with E-state index in [0.717, 1.165) is 0 Å². The van der Waals surface area contributed by atoms with Gasteiger partial charge in [-0.25, -0.2) is 4.79 Å². The first-order valence-corrected chi connectivity index (χ1v) is 3.95. The molecule has 4 nitrogen and oxygen atoms in total. The average molecular weight is 211 g/mol. The highest BCUT2D eigenvalue weighted by Gasteiger charge is 2.43. The van der Waals surface area contributed by atoms with Gasteiger partial charge < -0.3 is 10.1 Å². The molecule has 0 amide bonds. The van der Waals surface area contributed by atoms with Crippen LogP contribution >= 0.6 is 0 Å². The molecule has 0 radical (unpaired) electrons. The molecule has 1 rings (SSSR count). The van der Waals surface area contributed by atoms with Gasteiger partial charge in [0.05, 0.1) is 5.92 Å². The largest absolute Gasteiger partial charge is 0.491 e. The smallest absolute Gasteiger partial charge is 0.386 e. The third-order valence-corrected chi connectivity index (χ3v) is 1.82. The Labute approximate surface area is 77.4 Å². The van der Waals surface area contributed by atoms with Gasteiger partial charge in [0.15, 0.2) is 0 Å². The van der Waals surface area contributed by atoms with E-state index in [1.807, 2.05) is 0 Å². The molecule has 1 aliphatic heterocycles. The first-order chi connectivity index (χ1) is 6.41. The van der Waals surface area contributed by atoms with Gasteiger partial charge in [0.2, 0.25) is 0 Å². The zero-order valence-corrected chi connectivity index (χ0v) is 7.06. The van der Waals surface area contributed by atoms with E-state index in [0.29, 0.717) is 13.0 Å². The number of carbonyl (C=O) groups excluding carboxylic acids is 2. The molecule has 14 heavy (non-hydrogen) atoms. The van der Waals surface area contributed by atoms with Gasteiger partial charge in [0.1, 0.15) is 0 Å². The fraction of sp³-hybridized carbons (Fsp3) is 0.714. The van der Waals surface area contributed by atoms with Crippen LogP contribution in [-0.2, 0) is 14.3 Å². The Balaban J connectivity index is 2.44. The van der Waals surface area contributed by atoms with Crippen molar-refractivity contribution in [3.05, 3.63) is 0 Å². The fourth-order valence-corrected chi connectivity index (χ4v) is 1.09.